The molecule has 0 saturated heterocycles. The minimum absolute atomic E-state index is 0.209. The van der Waals surface area contributed by atoms with Gasteiger partial charge < -0.3 is 10.1 Å². The molecular weight excluding hydrogens is 452 g/mol. The number of nitriles is 1. The number of nitrogens with one attached hydrogen (secondary N) is 1. The molecule has 0 aliphatic heterocycles. The van der Waals surface area contributed by atoms with Gasteiger partial charge in [0.2, 0.25) is 0 Å². The van der Waals surface area contributed by atoms with Gasteiger partial charge in [0.05, 0.1) is 5.56 Å². The minimum atomic E-state index is -0.885. The monoisotopic (exact) mass is 484 g/mol. The van der Waals surface area contributed by atoms with E-state index < -0.39 is 12.1 Å². The number of ether oxygens (including phenoxy) is 1. The van der Waals surface area contributed by atoms with Crippen LogP contribution in [0.3, 0.4) is 0 Å². The predicted octanol–water partition coefficient (Wildman–Crippen LogP) is 6.29. The average Bonchev–Trinajstić information content (AvgIpc) is 3.36. The van der Waals surface area contributed by atoms with Gasteiger partial charge in [-0.25, -0.2) is 4.79 Å². The highest BCUT2D eigenvalue weighted by molar-refractivity contribution is 7.16. The van der Waals surface area contributed by atoms with Crippen LogP contribution in [0.15, 0.2) is 6.07 Å². The first-order chi connectivity index (χ1) is 15.7. The molecule has 4 rings (SSSR count). The van der Waals surface area contributed by atoms with Crippen LogP contribution in [0.1, 0.15) is 89.5 Å². The molecule has 0 fully saturated rings. The molecule has 2 aliphatic carbocycles. The molecule has 33 heavy (non-hydrogen) atoms. The standard InChI is InChI=1S/C26H32N2O3S2/c1-5-19(31-25(30)22-12-15-8-6-7-9-20(15)32-22)23(29)28-24-18(14-27)17-11-10-16(26(2,3)4)13-21(17)33-24/h12,16,19H,5-11,13H2,1-4H3,(H,28,29). The lowest BCUT2D eigenvalue weighted by atomic mass is 9.72. The van der Waals surface area contributed by atoms with Crippen LogP contribution in [-0.4, -0.2) is 18.0 Å². The number of hydrogen-bond acceptors (Lipinski definition) is 6. The lowest BCUT2D eigenvalue weighted by Gasteiger charge is -2.33. The molecule has 0 radical (unpaired) electrons. The third-order valence-electron chi connectivity index (χ3n) is 6.95. The van der Waals surface area contributed by atoms with Crippen molar-refractivity contribution >= 4 is 39.6 Å². The first-order valence-corrected chi connectivity index (χ1v) is 13.5. The molecule has 0 saturated carbocycles. The number of carbonyl (C=O) groups excluding carboxylic acids is 2. The highest BCUT2D eigenvalue weighted by atomic mass is 32.1. The Morgan fingerprint density at radius 3 is 2.64 bits per heavy atom. The zero-order valence-corrected chi connectivity index (χ0v) is 21.5. The number of hydrogen-bond donors (Lipinski definition) is 1. The number of aryl methyl sites for hydroxylation is 2. The van der Waals surface area contributed by atoms with Crippen molar-refractivity contribution in [2.45, 2.75) is 85.2 Å². The van der Waals surface area contributed by atoms with Crippen LogP contribution in [0.2, 0.25) is 0 Å². The summed E-state index contributed by atoms with van der Waals surface area (Å²) >= 11 is 2.99. The molecule has 2 aromatic rings. The Morgan fingerprint density at radius 2 is 1.97 bits per heavy atom. The van der Waals surface area contributed by atoms with Crippen LogP contribution in [0.4, 0.5) is 5.00 Å². The van der Waals surface area contributed by atoms with Crippen molar-refractivity contribution in [1.82, 2.24) is 0 Å². The maximum Gasteiger partial charge on any atom is 0.349 e. The van der Waals surface area contributed by atoms with Crippen LogP contribution in [0.25, 0.3) is 0 Å². The fourth-order valence-corrected chi connectivity index (χ4v) is 7.24. The van der Waals surface area contributed by atoms with Gasteiger partial charge in [0.15, 0.2) is 6.10 Å². The van der Waals surface area contributed by atoms with E-state index in [4.69, 9.17) is 4.74 Å². The van der Waals surface area contributed by atoms with E-state index in [1.807, 2.05) is 13.0 Å². The smallest absolute Gasteiger partial charge is 0.349 e. The third kappa shape index (κ3) is 5.02. The van der Waals surface area contributed by atoms with Crippen molar-refractivity contribution in [3.05, 3.63) is 37.4 Å². The number of amides is 1. The molecular formula is C26H32N2O3S2. The van der Waals surface area contributed by atoms with Gasteiger partial charge in [-0.3, -0.25) is 4.79 Å². The van der Waals surface area contributed by atoms with Gasteiger partial charge in [0.25, 0.3) is 5.91 Å². The lowest BCUT2D eigenvalue weighted by Crippen LogP contribution is -2.31. The Labute approximate surface area is 204 Å². The Hall–Kier alpha value is -2.17. The second-order valence-corrected chi connectivity index (χ2v) is 12.4. The van der Waals surface area contributed by atoms with E-state index in [1.54, 1.807) is 0 Å². The lowest BCUT2D eigenvalue weighted by molar-refractivity contribution is -0.124. The summed E-state index contributed by atoms with van der Waals surface area (Å²) in [6.07, 6.45) is 6.67. The third-order valence-corrected chi connectivity index (χ3v) is 9.34. The van der Waals surface area contributed by atoms with E-state index in [0.29, 0.717) is 27.8 Å². The summed E-state index contributed by atoms with van der Waals surface area (Å²) in [5, 5.41) is 13.3. The molecule has 1 N–H and O–H groups in total. The molecule has 1 amide bonds. The number of fused-ring (bicyclic) bond motifs is 2. The Bertz CT molecular complexity index is 1080. The van der Waals surface area contributed by atoms with Crippen molar-refractivity contribution in [1.29, 1.82) is 5.26 Å². The van der Waals surface area contributed by atoms with Crippen LogP contribution in [0.5, 0.6) is 0 Å². The van der Waals surface area contributed by atoms with E-state index >= 15 is 0 Å². The number of thiophene rings is 2. The molecule has 2 aromatic heterocycles. The number of nitrogens with zero attached hydrogens (tertiary/aromatic N) is 1. The number of anilines is 1. The number of esters is 1. The van der Waals surface area contributed by atoms with Gasteiger partial charge in [-0.1, -0.05) is 27.7 Å². The van der Waals surface area contributed by atoms with E-state index in [1.165, 1.54) is 38.0 Å². The largest absolute Gasteiger partial charge is 0.448 e. The van der Waals surface area contributed by atoms with Crippen molar-refractivity contribution in [3.63, 3.8) is 0 Å². The summed E-state index contributed by atoms with van der Waals surface area (Å²) in [6.45, 7) is 8.60. The first-order valence-electron chi connectivity index (χ1n) is 11.9. The highest BCUT2D eigenvalue weighted by Crippen LogP contribution is 2.44. The summed E-state index contributed by atoms with van der Waals surface area (Å²) in [4.78, 5) is 28.8. The van der Waals surface area contributed by atoms with Gasteiger partial charge >= 0.3 is 5.97 Å². The summed E-state index contributed by atoms with van der Waals surface area (Å²) in [5.41, 5.74) is 3.10. The molecule has 2 unspecified atom stereocenters. The molecule has 2 aliphatic rings. The van der Waals surface area contributed by atoms with Crippen LogP contribution < -0.4 is 5.32 Å². The second kappa shape index (κ2) is 9.60. The maximum absolute atomic E-state index is 13.0. The van der Waals surface area contributed by atoms with E-state index in [-0.39, 0.29) is 11.3 Å². The molecule has 7 heteroatoms. The van der Waals surface area contributed by atoms with Crippen molar-refractivity contribution in [2.24, 2.45) is 11.3 Å². The SMILES string of the molecule is CCC(OC(=O)c1cc2c(s1)CCCC2)C(=O)Nc1sc2c(c1C#N)CCC(C(C)(C)C)C2. The molecule has 2 atom stereocenters. The summed E-state index contributed by atoms with van der Waals surface area (Å²) in [6, 6.07) is 4.23. The molecule has 0 bridgehead atoms. The molecule has 5 nitrogen and oxygen atoms in total. The van der Waals surface area contributed by atoms with Crippen LogP contribution in [-0.2, 0) is 35.2 Å². The second-order valence-electron chi connectivity index (χ2n) is 10.2. The van der Waals surface area contributed by atoms with E-state index in [2.05, 4.69) is 32.2 Å². The van der Waals surface area contributed by atoms with E-state index in [9.17, 15) is 14.9 Å². The Kier molecular flexibility index (Phi) is 6.97. The van der Waals surface area contributed by atoms with Crippen LogP contribution >= 0.6 is 22.7 Å². The van der Waals surface area contributed by atoms with Gasteiger partial charge in [-0.05, 0) is 79.9 Å². The molecule has 0 aromatic carbocycles. The zero-order chi connectivity index (χ0) is 23.8. The summed E-state index contributed by atoms with van der Waals surface area (Å²) < 4.78 is 5.62. The van der Waals surface area contributed by atoms with Gasteiger partial charge in [0, 0.05) is 9.75 Å². The zero-order valence-electron chi connectivity index (χ0n) is 19.9. The van der Waals surface area contributed by atoms with E-state index in [0.717, 1.165) is 50.5 Å². The van der Waals surface area contributed by atoms with Gasteiger partial charge in [0.1, 0.15) is 15.9 Å². The average molecular weight is 485 g/mol. The van der Waals surface area contributed by atoms with Gasteiger partial charge in [-0.15, -0.1) is 22.7 Å². The molecule has 0 spiro atoms. The topological polar surface area (TPSA) is 79.2 Å². The molecule has 2 heterocycles. The summed E-state index contributed by atoms with van der Waals surface area (Å²) in [5.74, 6) is -0.246. The normalized spacial score (nSPS) is 18.6. The highest BCUT2D eigenvalue weighted by Gasteiger charge is 2.33. The van der Waals surface area contributed by atoms with Crippen molar-refractivity contribution < 1.29 is 14.3 Å². The van der Waals surface area contributed by atoms with Crippen molar-refractivity contribution in [2.75, 3.05) is 5.32 Å². The first kappa shape index (κ1) is 24.0. The van der Waals surface area contributed by atoms with Gasteiger partial charge in [-0.2, -0.15) is 5.26 Å². The fourth-order valence-electron chi connectivity index (χ4n) is 4.82. The Balaban J connectivity index is 1.47. The minimum Gasteiger partial charge on any atom is -0.448 e. The fraction of sp³-hybridized carbons (Fsp3) is 0.577. The quantitative estimate of drug-likeness (QED) is 0.506. The molecule has 176 valence electrons. The predicted molar refractivity (Wildman–Crippen MR) is 133 cm³/mol. The maximum atomic E-state index is 13.0. The Morgan fingerprint density at radius 1 is 1.21 bits per heavy atom. The van der Waals surface area contributed by atoms with Crippen LogP contribution in [0, 0.1) is 22.7 Å². The summed E-state index contributed by atoms with van der Waals surface area (Å²) in [7, 11) is 0. The number of rotatable bonds is 5. The van der Waals surface area contributed by atoms with Crippen molar-refractivity contribution in [3.8, 4) is 6.07 Å². The number of carbonyl (C=O) groups is 2.